The Labute approximate surface area is 110 Å². The van der Waals surface area contributed by atoms with Gasteiger partial charge in [-0.1, -0.05) is 6.07 Å². The monoisotopic (exact) mass is 262 g/mol. The van der Waals surface area contributed by atoms with Gasteiger partial charge in [-0.25, -0.2) is 9.78 Å². The molecule has 0 fully saturated rings. The molecule has 0 saturated carbocycles. The normalized spacial score (nSPS) is 12.1. The number of carboxylic acid groups (broad SMARTS) is 1. The van der Waals surface area contributed by atoms with Gasteiger partial charge in [-0.2, -0.15) is 0 Å². The smallest absolute Gasteiger partial charge is 0.354 e. The van der Waals surface area contributed by atoms with E-state index in [1.54, 1.807) is 23.6 Å². The summed E-state index contributed by atoms with van der Waals surface area (Å²) in [4.78, 5) is 18.0. The topological polar surface area (TPSA) is 53.4 Å². The standard InChI is InChI=1S/C13H14N2O2S/c1-9(12-4-3-7-18-12)15(2)10-5-6-11(13(16)17)14-8-10/h3-9H,1-2H3,(H,16,17). The summed E-state index contributed by atoms with van der Waals surface area (Å²) in [5.74, 6) is -1.00. The highest BCUT2D eigenvalue weighted by molar-refractivity contribution is 7.10. The highest BCUT2D eigenvalue weighted by Crippen LogP contribution is 2.27. The second-order valence-electron chi connectivity index (χ2n) is 4.01. The van der Waals surface area contributed by atoms with Crippen molar-refractivity contribution in [2.24, 2.45) is 0 Å². The Morgan fingerprint density at radius 1 is 1.44 bits per heavy atom. The number of thiophene rings is 1. The third-order valence-electron chi connectivity index (χ3n) is 2.91. The Kier molecular flexibility index (Phi) is 3.62. The molecule has 0 aliphatic carbocycles. The lowest BCUT2D eigenvalue weighted by molar-refractivity contribution is 0.0690. The van der Waals surface area contributed by atoms with Gasteiger partial charge in [0.2, 0.25) is 0 Å². The van der Waals surface area contributed by atoms with E-state index in [2.05, 4.69) is 22.9 Å². The third-order valence-corrected chi connectivity index (χ3v) is 3.95. The third kappa shape index (κ3) is 2.51. The molecular weight excluding hydrogens is 248 g/mol. The van der Waals surface area contributed by atoms with Crippen LogP contribution in [0.1, 0.15) is 28.3 Å². The van der Waals surface area contributed by atoms with Crippen LogP contribution < -0.4 is 4.90 Å². The fourth-order valence-electron chi connectivity index (χ4n) is 1.66. The molecule has 1 N–H and O–H groups in total. The van der Waals surface area contributed by atoms with Gasteiger partial charge in [0, 0.05) is 11.9 Å². The number of anilines is 1. The van der Waals surface area contributed by atoms with E-state index in [1.165, 1.54) is 10.9 Å². The lowest BCUT2D eigenvalue weighted by Crippen LogP contribution is -2.21. The summed E-state index contributed by atoms with van der Waals surface area (Å²) in [6.07, 6.45) is 1.59. The van der Waals surface area contributed by atoms with Crippen LogP contribution in [0.25, 0.3) is 0 Å². The summed E-state index contributed by atoms with van der Waals surface area (Å²) in [7, 11) is 1.97. The van der Waals surface area contributed by atoms with Crippen molar-refractivity contribution in [3.63, 3.8) is 0 Å². The predicted octanol–water partition coefficient (Wildman–Crippen LogP) is 3.04. The fourth-order valence-corrected chi connectivity index (χ4v) is 2.49. The average Bonchev–Trinajstić information content (AvgIpc) is 2.91. The largest absolute Gasteiger partial charge is 0.477 e. The first-order chi connectivity index (χ1) is 8.59. The highest BCUT2D eigenvalue weighted by Gasteiger charge is 2.14. The molecule has 0 aromatic carbocycles. The Morgan fingerprint density at radius 2 is 2.22 bits per heavy atom. The molecule has 1 unspecified atom stereocenters. The molecule has 0 radical (unpaired) electrons. The first-order valence-electron chi connectivity index (χ1n) is 5.55. The average molecular weight is 262 g/mol. The molecule has 5 heteroatoms. The van der Waals surface area contributed by atoms with E-state index < -0.39 is 5.97 Å². The fraction of sp³-hybridized carbons (Fsp3) is 0.231. The zero-order valence-electron chi connectivity index (χ0n) is 10.2. The van der Waals surface area contributed by atoms with Crippen molar-refractivity contribution in [3.05, 3.63) is 46.4 Å². The maximum absolute atomic E-state index is 10.7. The molecule has 0 aliphatic rings. The van der Waals surface area contributed by atoms with E-state index >= 15 is 0 Å². The molecule has 0 bridgehead atoms. The van der Waals surface area contributed by atoms with Gasteiger partial charge in [0.1, 0.15) is 5.69 Å². The van der Waals surface area contributed by atoms with E-state index in [4.69, 9.17) is 5.11 Å². The van der Waals surface area contributed by atoms with Crippen LogP contribution in [0.2, 0.25) is 0 Å². The Balaban J connectivity index is 2.18. The summed E-state index contributed by atoms with van der Waals surface area (Å²) in [6, 6.07) is 7.65. The summed E-state index contributed by atoms with van der Waals surface area (Å²) in [6.45, 7) is 2.11. The first kappa shape index (κ1) is 12.6. The van der Waals surface area contributed by atoms with Gasteiger partial charge in [0.15, 0.2) is 0 Å². The minimum atomic E-state index is -1.00. The van der Waals surface area contributed by atoms with Crippen LogP contribution in [-0.4, -0.2) is 23.1 Å². The summed E-state index contributed by atoms with van der Waals surface area (Å²) >= 11 is 1.71. The van der Waals surface area contributed by atoms with E-state index in [-0.39, 0.29) is 11.7 Å². The van der Waals surface area contributed by atoms with Crippen molar-refractivity contribution < 1.29 is 9.90 Å². The molecule has 0 spiro atoms. The number of aromatic carboxylic acids is 1. The lowest BCUT2D eigenvalue weighted by Gasteiger charge is -2.25. The van der Waals surface area contributed by atoms with Gasteiger partial charge < -0.3 is 10.0 Å². The lowest BCUT2D eigenvalue weighted by atomic mass is 10.2. The van der Waals surface area contributed by atoms with Crippen molar-refractivity contribution in [2.45, 2.75) is 13.0 Å². The molecule has 2 aromatic rings. The number of pyridine rings is 1. The van der Waals surface area contributed by atoms with Crippen LogP contribution in [0.15, 0.2) is 35.8 Å². The molecule has 0 saturated heterocycles. The number of carbonyl (C=O) groups is 1. The van der Waals surface area contributed by atoms with Crippen molar-refractivity contribution in [1.29, 1.82) is 0 Å². The Bertz CT molecular complexity index is 522. The van der Waals surface area contributed by atoms with E-state index in [1.807, 2.05) is 18.5 Å². The van der Waals surface area contributed by atoms with Crippen molar-refractivity contribution >= 4 is 23.0 Å². The van der Waals surface area contributed by atoms with Gasteiger partial charge in [-0.15, -0.1) is 11.3 Å². The Morgan fingerprint density at radius 3 is 2.72 bits per heavy atom. The molecule has 0 aliphatic heterocycles. The van der Waals surface area contributed by atoms with Crippen molar-refractivity contribution in [1.82, 2.24) is 4.98 Å². The molecule has 4 nitrogen and oxygen atoms in total. The van der Waals surface area contributed by atoms with Crippen LogP contribution in [-0.2, 0) is 0 Å². The van der Waals surface area contributed by atoms with E-state index in [0.29, 0.717) is 0 Å². The van der Waals surface area contributed by atoms with Gasteiger partial charge in [-0.05, 0) is 30.5 Å². The maximum Gasteiger partial charge on any atom is 0.354 e. The van der Waals surface area contributed by atoms with E-state index in [9.17, 15) is 4.79 Å². The number of carboxylic acids is 1. The zero-order chi connectivity index (χ0) is 13.1. The van der Waals surface area contributed by atoms with Crippen LogP contribution >= 0.6 is 11.3 Å². The molecule has 2 rings (SSSR count). The summed E-state index contributed by atoms with van der Waals surface area (Å²) < 4.78 is 0. The van der Waals surface area contributed by atoms with Gasteiger partial charge in [0.05, 0.1) is 17.9 Å². The van der Waals surface area contributed by atoms with Crippen LogP contribution in [0.3, 0.4) is 0 Å². The number of aromatic nitrogens is 1. The summed E-state index contributed by atoms with van der Waals surface area (Å²) in [5.41, 5.74) is 0.969. The number of nitrogens with zero attached hydrogens (tertiary/aromatic N) is 2. The second kappa shape index (κ2) is 5.18. The Hall–Kier alpha value is -1.88. The first-order valence-corrected chi connectivity index (χ1v) is 6.43. The number of rotatable bonds is 4. The highest BCUT2D eigenvalue weighted by atomic mass is 32.1. The van der Waals surface area contributed by atoms with Crippen molar-refractivity contribution in [2.75, 3.05) is 11.9 Å². The maximum atomic E-state index is 10.7. The van der Waals surface area contributed by atoms with Gasteiger partial charge >= 0.3 is 5.97 Å². The second-order valence-corrected chi connectivity index (χ2v) is 4.99. The molecule has 94 valence electrons. The molecular formula is C13H14N2O2S. The van der Waals surface area contributed by atoms with Crippen LogP contribution in [0, 0.1) is 0 Å². The quantitative estimate of drug-likeness (QED) is 0.920. The zero-order valence-corrected chi connectivity index (χ0v) is 11.0. The molecule has 1 atom stereocenters. The van der Waals surface area contributed by atoms with Crippen LogP contribution in [0.4, 0.5) is 5.69 Å². The summed E-state index contributed by atoms with van der Waals surface area (Å²) in [5, 5.41) is 10.8. The minimum absolute atomic E-state index is 0.0657. The van der Waals surface area contributed by atoms with Crippen LogP contribution in [0.5, 0.6) is 0 Å². The molecule has 2 aromatic heterocycles. The van der Waals surface area contributed by atoms with Crippen molar-refractivity contribution in [3.8, 4) is 0 Å². The SMILES string of the molecule is CC(c1cccs1)N(C)c1ccc(C(=O)O)nc1. The van der Waals surface area contributed by atoms with Gasteiger partial charge in [-0.3, -0.25) is 0 Å². The minimum Gasteiger partial charge on any atom is -0.477 e. The molecule has 0 amide bonds. The van der Waals surface area contributed by atoms with Gasteiger partial charge in [0.25, 0.3) is 0 Å². The van der Waals surface area contributed by atoms with E-state index in [0.717, 1.165) is 5.69 Å². The molecule has 18 heavy (non-hydrogen) atoms. The number of hydrogen-bond acceptors (Lipinski definition) is 4. The number of hydrogen-bond donors (Lipinski definition) is 1. The molecule has 2 heterocycles. The predicted molar refractivity (Wildman–Crippen MR) is 72.3 cm³/mol.